The van der Waals surface area contributed by atoms with E-state index in [4.69, 9.17) is 10.6 Å². The maximum Gasteiger partial charge on any atom is 0.249 e. The van der Waals surface area contributed by atoms with Gasteiger partial charge in [0.1, 0.15) is 24.3 Å². The molecule has 0 saturated heterocycles. The Labute approximate surface area is 360 Å². The van der Waals surface area contributed by atoms with Crippen LogP contribution in [0.1, 0.15) is 56.9 Å². The number of carbonyl (C=O) groups excluding carboxylic acids is 6. The first kappa shape index (κ1) is 45.8. The van der Waals surface area contributed by atoms with Crippen LogP contribution in [0.5, 0.6) is 0 Å². The minimum Gasteiger partial charge on any atom is -0.364 e. The van der Waals surface area contributed by atoms with Crippen molar-refractivity contribution in [1.82, 2.24) is 57.2 Å². The quantitative estimate of drug-likeness (QED) is 0.0298. The highest BCUT2D eigenvalue weighted by atomic mass is 19.1. The fourth-order valence-corrected chi connectivity index (χ4v) is 7.89. The molecule has 3 atom stereocenters. The van der Waals surface area contributed by atoms with Gasteiger partial charge in [0.05, 0.1) is 43.3 Å². The van der Waals surface area contributed by atoms with E-state index in [1.54, 1.807) is 30.3 Å². The molecule has 336 valence electrons. The number of hydroxylamine groups is 1. The third-order valence-electron chi connectivity index (χ3n) is 11.0. The average Bonchev–Trinajstić information content (AvgIpc) is 3.71. The zero-order chi connectivity index (χ0) is 44.7. The second-order valence-electron chi connectivity index (χ2n) is 15.4. The molecule has 7 rings (SSSR count). The molecule has 2 bridgehead atoms. The minimum atomic E-state index is -1.12. The summed E-state index contributed by atoms with van der Waals surface area (Å²) in [6.07, 6.45) is 7.77. The number of H-pyrrole nitrogens is 1. The number of hydrogen-bond donors (Lipinski definition) is 9. The van der Waals surface area contributed by atoms with Gasteiger partial charge in [0.2, 0.25) is 35.4 Å². The molecule has 6 amide bonds. The molecule has 0 spiro atoms. The number of carbonyl (C=O) groups is 6. The summed E-state index contributed by atoms with van der Waals surface area (Å²) in [4.78, 5) is 94.1. The van der Waals surface area contributed by atoms with Crippen molar-refractivity contribution in [2.45, 2.75) is 69.9 Å². The highest BCUT2D eigenvalue weighted by Crippen LogP contribution is 2.46. The van der Waals surface area contributed by atoms with E-state index in [9.17, 15) is 33.2 Å². The van der Waals surface area contributed by atoms with Crippen molar-refractivity contribution in [3.05, 3.63) is 66.0 Å². The van der Waals surface area contributed by atoms with Crippen molar-refractivity contribution < 1.29 is 42.4 Å². The first-order valence-corrected chi connectivity index (χ1v) is 20.8. The number of aromatic nitrogens is 5. The van der Waals surface area contributed by atoms with Gasteiger partial charge in [0, 0.05) is 18.9 Å². The van der Waals surface area contributed by atoms with Crippen LogP contribution in [0, 0.1) is 29.4 Å². The van der Waals surface area contributed by atoms with Gasteiger partial charge in [-0.1, -0.05) is 36.8 Å². The third-order valence-corrected chi connectivity index (χ3v) is 11.0. The molecular weight excluding hydrogens is 825 g/mol. The molecule has 0 unspecified atom stereocenters. The van der Waals surface area contributed by atoms with Gasteiger partial charge >= 0.3 is 0 Å². The van der Waals surface area contributed by atoms with Crippen LogP contribution in [-0.4, -0.2) is 106 Å². The van der Waals surface area contributed by atoms with Crippen molar-refractivity contribution >= 4 is 52.3 Å². The molecule has 1 aromatic carbocycles. The largest absolute Gasteiger partial charge is 0.364 e. The molecule has 3 fully saturated rings. The highest BCUT2D eigenvalue weighted by molar-refractivity contribution is 5.93. The number of halogens is 2. The third kappa shape index (κ3) is 12.9. The molecule has 4 aromatic rings. The van der Waals surface area contributed by atoms with Gasteiger partial charge in [-0.25, -0.2) is 29.2 Å². The van der Waals surface area contributed by atoms with E-state index in [0.717, 1.165) is 56.5 Å². The Bertz CT molecular complexity index is 2240. The van der Waals surface area contributed by atoms with Crippen LogP contribution in [0.2, 0.25) is 0 Å². The summed E-state index contributed by atoms with van der Waals surface area (Å²) in [6.45, 7) is -1.19. The first-order chi connectivity index (χ1) is 30.5. The lowest BCUT2D eigenvalue weighted by Gasteiger charge is -2.48. The van der Waals surface area contributed by atoms with E-state index in [0.29, 0.717) is 24.0 Å². The van der Waals surface area contributed by atoms with Gasteiger partial charge in [0.25, 0.3) is 0 Å². The zero-order valence-electron chi connectivity index (χ0n) is 34.4. The molecule has 3 aliphatic rings. The molecule has 20 nitrogen and oxygen atoms in total. The van der Waals surface area contributed by atoms with Crippen LogP contribution in [0.4, 0.5) is 14.6 Å². The number of unbranched alkanes of at least 4 members (excludes halogenated alkanes) is 2. The predicted octanol–water partition coefficient (Wildman–Crippen LogP) is 0.627. The van der Waals surface area contributed by atoms with Crippen LogP contribution < -0.4 is 43.1 Å². The number of fused-ring (bicyclic) bond motifs is 4. The van der Waals surface area contributed by atoms with Crippen molar-refractivity contribution in [3.63, 3.8) is 0 Å². The first-order valence-electron chi connectivity index (χ1n) is 20.8. The van der Waals surface area contributed by atoms with Crippen molar-refractivity contribution in [2.24, 2.45) is 23.5 Å². The van der Waals surface area contributed by atoms with Crippen LogP contribution in [0.15, 0.2) is 48.8 Å². The topological polar surface area (TPSA) is 289 Å². The molecule has 10 N–H and O–H groups in total. The molecule has 63 heavy (non-hydrogen) atoms. The highest BCUT2D eigenvalue weighted by Gasteiger charge is 2.47. The Kier molecular flexibility index (Phi) is 16.3. The number of benzene rings is 1. The van der Waals surface area contributed by atoms with Crippen molar-refractivity contribution in [1.29, 1.82) is 0 Å². The molecule has 3 heterocycles. The average molecular weight is 876 g/mol. The Balaban J connectivity index is 0.959. The standard InChI is InChI=1S/C41H51F2N13O7/c42-26-16-27-36(54-55-37(27)47-17-26)39-48-18-28(43)38(53-39)52-35-25-12-10-24(11-13-25)34(35)41(62)56-63-22-50-32(59)20-49-40(61)29(15-23-7-3-1-4-8-23)51-33(60)21-46-31(58)19-45-30(57)9-5-2-6-14-44/h1,3-4,7-8,16-18,24-25,29,34-35H,2,5-6,9-15,19-22,44H2,(H,45,57)(H,46,58)(H,49,61)(H,50,59)(H,51,60)(H,56,62)(H,47,54,55)(H,48,52,53)/t24?,25?,29-,34-,35-/m0/s1. The van der Waals surface area contributed by atoms with Crippen molar-refractivity contribution in [2.75, 3.05) is 38.2 Å². The normalized spacial score (nSPS) is 18.2. The minimum absolute atomic E-state index is 0.0200. The number of pyridine rings is 1. The van der Waals surface area contributed by atoms with E-state index in [2.05, 4.69) is 62.5 Å². The van der Waals surface area contributed by atoms with Crippen LogP contribution in [0.3, 0.4) is 0 Å². The second kappa shape index (κ2) is 22.4. The molecule has 3 aromatic heterocycles. The maximum absolute atomic E-state index is 15.2. The van der Waals surface area contributed by atoms with Crippen LogP contribution in [-0.2, 0) is 40.0 Å². The SMILES string of the molecule is NCCCCCC(=O)NCC(=O)NCC(=O)N[C@@H](Cc1ccccc1)C(=O)NCC(=O)NCONC(=O)[C@H]1C2CCC(CC2)[C@@H]1Nc1nc(-c2n[nH]c3ncc(F)cc23)ncc1F. The summed E-state index contributed by atoms with van der Waals surface area (Å²) in [7, 11) is 0. The summed E-state index contributed by atoms with van der Waals surface area (Å²) in [5, 5.41) is 22.7. The summed E-state index contributed by atoms with van der Waals surface area (Å²) in [5.74, 6) is -5.50. The van der Waals surface area contributed by atoms with Gasteiger partial charge in [-0.15, -0.1) is 0 Å². The molecule has 22 heteroatoms. The smallest absolute Gasteiger partial charge is 0.249 e. The van der Waals surface area contributed by atoms with E-state index in [1.807, 2.05) is 0 Å². The van der Waals surface area contributed by atoms with Crippen LogP contribution in [0.25, 0.3) is 22.6 Å². The lowest BCUT2D eigenvalue weighted by atomic mass is 9.61. The number of nitrogens with zero attached hydrogens (tertiary/aromatic N) is 4. The zero-order valence-corrected chi connectivity index (χ0v) is 34.4. The molecule has 0 radical (unpaired) electrons. The summed E-state index contributed by atoms with van der Waals surface area (Å²) in [5.41, 5.74) is 9.04. The Morgan fingerprint density at radius 2 is 1.54 bits per heavy atom. The van der Waals surface area contributed by atoms with E-state index >= 15 is 4.39 Å². The number of amides is 6. The summed E-state index contributed by atoms with van der Waals surface area (Å²) < 4.78 is 29.1. The number of nitrogens with one attached hydrogen (secondary N) is 8. The number of rotatable bonds is 22. The van der Waals surface area contributed by atoms with Gasteiger partial charge in [-0.05, 0) is 68.5 Å². The molecule has 0 aliphatic heterocycles. The monoisotopic (exact) mass is 875 g/mol. The summed E-state index contributed by atoms with van der Waals surface area (Å²) in [6, 6.07) is 8.43. The van der Waals surface area contributed by atoms with Gasteiger partial charge in [-0.2, -0.15) is 5.10 Å². The predicted molar refractivity (Wildman–Crippen MR) is 222 cm³/mol. The Hall–Kier alpha value is -6.68. The number of anilines is 1. The fraction of sp³-hybridized carbons (Fsp3) is 0.463. The van der Waals surface area contributed by atoms with Crippen molar-refractivity contribution in [3.8, 4) is 11.5 Å². The molecule has 3 saturated carbocycles. The van der Waals surface area contributed by atoms with Gasteiger partial charge < -0.3 is 37.6 Å². The van der Waals surface area contributed by atoms with Gasteiger partial charge in [-0.3, -0.25) is 38.7 Å². The molecular formula is C41H51F2N13O7. The fourth-order valence-electron chi connectivity index (χ4n) is 7.89. The number of aromatic amines is 1. The Morgan fingerprint density at radius 3 is 2.32 bits per heavy atom. The van der Waals surface area contributed by atoms with E-state index in [-0.39, 0.29) is 54.5 Å². The molecule has 3 aliphatic carbocycles. The maximum atomic E-state index is 15.2. The lowest BCUT2D eigenvalue weighted by Crippen LogP contribution is -2.54. The lowest BCUT2D eigenvalue weighted by molar-refractivity contribution is -0.146. The van der Waals surface area contributed by atoms with Crippen LogP contribution >= 0.6 is 0 Å². The summed E-state index contributed by atoms with van der Waals surface area (Å²) >= 11 is 0. The van der Waals surface area contributed by atoms with Gasteiger partial charge in [0.15, 0.2) is 23.1 Å². The second-order valence-corrected chi connectivity index (χ2v) is 15.4. The van der Waals surface area contributed by atoms with E-state index in [1.165, 1.54) is 6.07 Å². The van der Waals surface area contributed by atoms with E-state index < -0.39 is 79.0 Å². The Morgan fingerprint density at radius 1 is 0.825 bits per heavy atom. The number of nitrogens with two attached hydrogens (primary N) is 1. The number of hydrogen-bond acceptors (Lipinski definition) is 13.